The Morgan fingerprint density at radius 2 is 1.67 bits per heavy atom. The summed E-state index contributed by atoms with van der Waals surface area (Å²) in [6.07, 6.45) is -4.70. The van der Waals surface area contributed by atoms with E-state index in [1.54, 1.807) is 17.0 Å². The number of piperazine rings is 1. The number of rotatable bonds is 1. The van der Waals surface area contributed by atoms with Crippen molar-refractivity contribution < 1.29 is 22.7 Å². The van der Waals surface area contributed by atoms with Gasteiger partial charge in [-0.25, -0.2) is 4.79 Å². The summed E-state index contributed by atoms with van der Waals surface area (Å²) in [6, 6.07) is 9.16. The zero-order chi connectivity index (χ0) is 19.8. The average Bonchev–Trinajstić information content (AvgIpc) is 2.58. The highest BCUT2D eigenvalue weighted by Crippen LogP contribution is 2.34. The highest BCUT2D eigenvalue weighted by Gasteiger charge is 2.31. The molecule has 1 saturated heterocycles. The van der Waals surface area contributed by atoms with Gasteiger partial charge in [-0.15, -0.1) is 0 Å². The second-order valence-corrected chi connectivity index (χ2v) is 7.67. The van der Waals surface area contributed by atoms with E-state index in [-0.39, 0.29) is 6.09 Å². The molecule has 1 amide bonds. The molecule has 1 fully saturated rings. The highest BCUT2D eigenvalue weighted by molar-refractivity contribution is 5.95. The molecule has 0 spiro atoms. The second-order valence-electron chi connectivity index (χ2n) is 7.67. The molecule has 0 atom stereocenters. The minimum absolute atomic E-state index is 0.338. The predicted molar refractivity (Wildman–Crippen MR) is 99.0 cm³/mol. The zero-order valence-electron chi connectivity index (χ0n) is 15.6. The van der Waals surface area contributed by atoms with Crippen LogP contribution in [0.2, 0.25) is 0 Å². The fourth-order valence-corrected chi connectivity index (χ4v) is 3.18. The molecule has 0 aliphatic carbocycles. The van der Waals surface area contributed by atoms with Crippen LogP contribution in [0.25, 0.3) is 10.8 Å². The third kappa shape index (κ3) is 4.46. The zero-order valence-corrected chi connectivity index (χ0v) is 15.6. The lowest BCUT2D eigenvalue weighted by Gasteiger charge is -2.37. The van der Waals surface area contributed by atoms with Crippen LogP contribution in [-0.4, -0.2) is 42.8 Å². The topological polar surface area (TPSA) is 32.8 Å². The minimum Gasteiger partial charge on any atom is -0.444 e. The summed E-state index contributed by atoms with van der Waals surface area (Å²) < 4.78 is 44.2. The van der Waals surface area contributed by atoms with Gasteiger partial charge in [0.25, 0.3) is 0 Å². The minimum atomic E-state index is -4.36. The molecule has 1 aliphatic heterocycles. The number of anilines is 1. The van der Waals surface area contributed by atoms with Crippen molar-refractivity contribution in [1.82, 2.24) is 4.90 Å². The molecule has 3 rings (SSSR count). The first-order valence-corrected chi connectivity index (χ1v) is 8.87. The second kappa shape index (κ2) is 6.94. The lowest BCUT2D eigenvalue weighted by molar-refractivity contribution is -0.137. The lowest BCUT2D eigenvalue weighted by atomic mass is 10.0. The summed E-state index contributed by atoms with van der Waals surface area (Å²) in [6.45, 7) is 7.68. The SMILES string of the molecule is CC(C)(C)OC(=O)N1CCN(c2cccc3cc(C(F)(F)F)ccc23)CC1. The monoisotopic (exact) mass is 380 g/mol. The highest BCUT2D eigenvalue weighted by atomic mass is 19.4. The lowest BCUT2D eigenvalue weighted by Crippen LogP contribution is -2.50. The van der Waals surface area contributed by atoms with Crippen molar-refractivity contribution in [3.05, 3.63) is 42.0 Å². The largest absolute Gasteiger partial charge is 0.444 e. The molecule has 0 unspecified atom stereocenters. The summed E-state index contributed by atoms with van der Waals surface area (Å²) in [5.74, 6) is 0. The first-order chi connectivity index (χ1) is 12.5. The Morgan fingerprint density at radius 3 is 2.26 bits per heavy atom. The molecule has 27 heavy (non-hydrogen) atoms. The number of alkyl halides is 3. The maximum Gasteiger partial charge on any atom is 0.416 e. The van der Waals surface area contributed by atoms with Gasteiger partial charge < -0.3 is 14.5 Å². The Balaban J connectivity index is 1.76. The van der Waals surface area contributed by atoms with Crippen molar-refractivity contribution in [3.8, 4) is 0 Å². The Bertz CT molecular complexity index is 835. The maximum absolute atomic E-state index is 12.9. The van der Waals surface area contributed by atoms with Gasteiger partial charge in [0.1, 0.15) is 5.60 Å². The molecule has 2 aromatic rings. The molecule has 7 heteroatoms. The molecule has 2 aromatic carbocycles. The van der Waals surface area contributed by atoms with Crippen molar-refractivity contribution in [2.24, 2.45) is 0 Å². The van der Waals surface area contributed by atoms with Crippen molar-refractivity contribution in [2.45, 2.75) is 32.5 Å². The first-order valence-electron chi connectivity index (χ1n) is 8.87. The molecule has 1 heterocycles. The van der Waals surface area contributed by atoms with Gasteiger partial charge in [0.15, 0.2) is 0 Å². The van der Waals surface area contributed by atoms with Gasteiger partial charge in [-0.2, -0.15) is 13.2 Å². The smallest absolute Gasteiger partial charge is 0.416 e. The van der Waals surface area contributed by atoms with Crippen LogP contribution in [0.15, 0.2) is 36.4 Å². The molecule has 0 N–H and O–H groups in total. The summed E-state index contributed by atoms with van der Waals surface area (Å²) in [7, 11) is 0. The van der Waals surface area contributed by atoms with Crippen LogP contribution >= 0.6 is 0 Å². The molecule has 0 saturated carbocycles. The number of hydrogen-bond donors (Lipinski definition) is 0. The molecular formula is C20H23F3N2O2. The van der Waals surface area contributed by atoms with Crippen LogP contribution in [0, 0.1) is 0 Å². The molecule has 0 aromatic heterocycles. The predicted octanol–water partition coefficient (Wildman–Crippen LogP) is 4.92. The third-order valence-corrected chi connectivity index (χ3v) is 4.46. The molecule has 4 nitrogen and oxygen atoms in total. The molecule has 0 radical (unpaired) electrons. The van der Waals surface area contributed by atoms with E-state index in [1.165, 1.54) is 12.1 Å². The fourth-order valence-electron chi connectivity index (χ4n) is 3.18. The van der Waals surface area contributed by atoms with E-state index < -0.39 is 17.3 Å². The standard InChI is InChI=1S/C20H23F3N2O2/c1-19(2,3)27-18(26)25-11-9-24(10-12-25)17-6-4-5-14-13-15(20(21,22)23)7-8-16(14)17/h4-8,13H,9-12H2,1-3H3. The van der Waals surface area contributed by atoms with Crippen LogP contribution in [0.4, 0.5) is 23.7 Å². The Hall–Kier alpha value is -2.44. The molecule has 146 valence electrons. The van der Waals surface area contributed by atoms with Crippen LogP contribution in [0.3, 0.4) is 0 Å². The van der Waals surface area contributed by atoms with E-state index in [0.29, 0.717) is 31.6 Å². The summed E-state index contributed by atoms with van der Waals surface area (Å²) >= 11 is 0. The number of nitrogens with zero attached hydrogens (tertiary/aromatic N) is 2. The van der Waals surface area contributed by atoms with Gasteiger partial charge in [-0.05, 0) is 44.4 Å². The van der Waals surface area contributed by atoms with Crippen molar-refractivity contribution in [3.63, 3.8) is 0 Å². The molecule has 1 aliphatic rings. The Kier molecular flexibility index (Phi) is 4.97. The Labute approximate surface area is 156 Å². The van der Waals surface area contributed by atoms with Crippen molar-refractivity contribution in [1.29, 1.82) is 0 Å². The number of carbonyl (C=O) groups excluding carboxylic acids is 1. The molecule has 0 bridgehead atoms. The van der Waals surface area contributed by atoms with E-state index in [1.807, 2.05) is 26.8 Å². The number of hydrogen-bond acceptors (Lipinski definition) is 3. The van der Waals surface area contributed by atoms with Crippen LogP contribution in [0.1, 0.15) is 26.3 Å². The average molecular weight is 380 g/mol. The van der Waals surface area contributed by atoms with Gasteiger partial charge in [0.2, 0.25) is 0 Å². The summed E-state index contributed by atoms with van der Waals surface area (Å²) in [4.78, 5) is 15.9. The Morgan fingerprint density at radius 1 is 1.00 bits per heavy atom. The number of ether oxygens (including phenoxy) is 1. The number of fused-ring (bicyclic) bond motifs is 1. The van der Waals surface area contributed by atoms with Crippen LogP contribution in [-0.2, 0) is 10.9 Å². The normalized spacial score (nSPS) is 15.9. The van der Waals surface area contributed by atoms with E-state index in [0.717, 1.165) is 17.1 Å². The summed E-state index contributed by atoms with van der Waals surface area (Å²) in [5, 5.41) is 1.33. The van der Waals surface area contributed by atoms with Gasteiger partial charge in [0, 0.05) is 37.3 Å². The van der Waals surface area contributed by atoms with E-state index in [2.05, 4.69) is 4.90 Å². The number of benzene rings is 2. The van der Waals surface area contributed by atoms with Crippen molar-refractivity contribution in [2.75, 3.05) is 31.1 Å². The fraction of sp³-hybridized carbons (Fsp3) is 0.450. The van der Waals surface area contributed by atoms with Crippen molar-refractivity contribution >= 4 is 22.6 Å². The quantitative estimate of drug-likeness (QED) is 0.704. The summed E-state index contributed by atoms with van der Waals surface area (Å²) in [5.41, 5.74) is -0.313. The van der Waals surface area contributed by atoms with E-state index in [4.69, 9.17) is 4.74 Å². The van der Waals surface area contributed by atoms with E-state index in [9.17, 15) is 18.0 Å². The van der Waals surface area contributed by atoms with E-state index >= 15 is 0 Å². The van der Waals surface area contributed by atoms with Crippen LogP contribution in [0.5, 0.6) is 0 Å². The van der Waals surface area contributed by atoms with Gasteiger partial charge in [-0.3, -0.25) is 0 Å². The van der Waals surface area contributed by atoms with Gasteiger partial charge in [0.05, 0.1) is 5.56 Å². The van der Waals surface area contributed by atoms with Gasteiger partial charge in [-0.1, -0.05) is 18.2 Å². The van der Waals surface area contributed by atoms with Crippen LogP contribution < -0.4 is 4.90 Å². The third-order valence-electron chi connectivity index (χ3n) is 4.46. The van der Waals surface area contributed by atoms with Gasteiger partial charge >= 0.3 is 12.3 Å². The molecular weight excluding hydrogens is 357 g/mol. The maximum atomic E-state index is 12.9. The first kappa shape index (κ1) is 19.3. The number of halogens is 3. The number of carbonyl (C=O) groups is 1. The number of amides is 1.